The van der Waals surface area contributed by atoms with Gasteiger partial charge in [-0.3, -0.25) is 9.69 Å². The molecule has 0 amide bonds. The molecule has 1 fully saturated rings. The third-order valence-electron chi connectivity index (χ3n) is 3.88. The minimum absolute atomic E-state index is 0.134. The van der Waals surface area contributed by atoms with Gasteiger partial charge in [0.25, 0.3) is 0 Å². The van der Waals surface area contributed by atoms with Crippen molar-refractivity contribution >= 4 is 17.4 Å². The summed E-state index contributed by atoms with van der Waals surface area (Å²) in [5.74, 6) is 1.40. The quantitative estimate of drug-likeness (QED) is 0.679. The van der Waals surface area contributed by atoms with Gasteiger partial charge in [-0.25, -0.2) is 0 Å². The van der Waals surface area contributed by atoms with E-state index in [4.69, 9.17) is 16.3 Å². The minimum Gasteiger partial charge on any atom is -0.495 e. The Balaban J connectivity index is 1.99. The van der Waals surface area contributed by atoms with Crippen LogP contribution in [0.25, 0.3) is 0 Å². The van der Waals surface area contributed by atoms with E-state index in [0.717, 1.165) is 13.0 Å². The molecule has 0 N–H and O–H groups in total. The first-order chi connectivity index (χ1) is 10.0. The summed E-state index contributed by atoms with van der Waals surface area (Å²) < 4.78 is 5.12. The van der Waals surface area contributed by atoms with Crippen LogP contribution in [0.4, 0.5) is 0 Å². The molecule has 1 aliphatic rings. The number of carbonyl (C=O) groups is 1. The zero-order valence-electron chi connectivity index (χ0n) is 13.1. The number of ether oxygens (including phenoxy) is 1. The summed E-state index contributed by atoms with van der Waals surface area (Å²) in [4.78, 5) is 14.8. The number of nitrogens with zero attached hydrogens (tertiary/aromatic N) is 1. The van der Waals surface area contributed by atoms with Gasteiger partial charge in [-0.15, -0.1) is 0 Å². The monoisotopic (exact) mass is 309 g/mol. The van der Waals surface area contributed by atoms with Gasteiger partial charge in [-0.1, -0.05) is 25.4 Å². The minimum atomic E-state index is 0.134. The van der Waals surface area contributed by atoms with Crippen molar-refractivity contribution in [2.75, 3.05) is 20.2 Å². The summed E-state index contributed by atoms with van der Waals surface area (Å²) in [7, 11) is 1.57. The molecule has 0 saturated heterocycles. The summed E-state index contributed by atoms with van der Waals surface area (Å²) >= 11 is 6.10. The summed E-state index contributed by atoms with van der Waals surface area (Å²) in [6, 6.07) is 5.85. The van der Waals surface area contributed by atoms with Crippen molar-refractivity contribution < 1.29 is 9.53 Å². The Morgan fingerprint density at radius 1 is 1.43 bits per heavy atom. The number of methoxy groups -OCH3 is 1. The summed E-state index contributed by atoms with van der Waals surface area (Å²) in [6.45, 7) is 5.92. The molecule has 0 heterocycles. The van der Waals surface area contributed by atoms with Crippen molar-refractivity contribution in [3.8, 4) is 5.75 Å². The largest absolute Gasteiger partial charge is 0.495 e. The summed E-state index contributed by atoms with van der Waals surface area (Å²) in [5.41, 5.74) is 0.663. The normalized spacial score (nSPS) is 14.8. The van der Waals surface area contributed by atoms with Gasteiger partial charge in [0, 0.05) is 11.6 Å². The SMILES string of the molecule is COc1ccc(C(=O)CN(CCC(C)C)C2CC2)cc1Cl. The van der Waals surface area contributed by atoms with E-state index in [-0.39, 0.29) is 5.78 Å². The number of halogens is 1. The Morgan fingerprint density at radius 3 is 2.67 bits per heavy atom. The lowest BCUT2D eigenvalue weighted by Crippen LogP contribution is -2.33. The molecule has 2 rings (SSSR count). The molecule has 4 heteroatoms. The first-order valence-electron chi connectivity index (χ1n) is 7.62. The molecule has 0 aromatic heterocycles. The Bertz CT molecular complexity index is 498. The third kappa shape index (κ3) is 4.72. The smallest absolute Gasteiger partial charge is 0.176 e. The molecule has 0 radical (unpaired) electrons. The Labute approximate surface area is 132 Å². The maximum absolute atomic E-state index is 12.4. The molecule has 1 aromatic carbocycles. The van der Waals surface area contributed by atoms with Crippen LogP contribution in [0.1, 0.15) is 43.5 Å². The first-order valence-corrected chi connectivity index (χ1v) is 8.00. The number of rotatable bonds is 8. The van der Waals surface area contributed by atoms with Gasteiger partial charge in [-0.2, -0.15) is 0 Å². The lowest BCUT2D eigenvalue weighted by atomic mass is 10.1. The lowest BCUT2D eigenvalue weighted by molar-refractivity contribution is 0.0920. The maximum Gasteiger partial charge on any atom is 0.176 e. The summed E-state index contributed by atoms with van der Waals surface area (Å²) in [6.07, 6.45) is 3.57. The average molecular weight is 310 g/mol. The number of benzene rings is 1. The van der Waals surface area contributed by atoms with E-state index >= 15 is 0 Å². The van der Waals surface area contributed by atoms with Crippen molar-refractivity contribution in [2.45, 2.75) is 39.2 Å². The zero-order chi connectivity index (χ0) is 15.4. The molecular weight excluding hydrogens is 286 g/mol. The van der Waals surface area contributed by atoms with Crippen LogP contribution >= 0.6 is 11.6 Å². The van der Waals surface area contributed by atoms with Crippen LogP contribution in [-0.2, 0) is 0 Å². The Kier molecular flexibility index (Phi) is 5.65. The summed E-state index contributed by atoms with van der Waals surface area (Å²) in [5, 5.41) is 0.489. The number of Topliss-reactive ketones (excluding diaryl/α,β-unsaturated/α-hetero) is 1. The molecule has 0 aliphatic heterocycles. The zero-order valence-corrected chi connectivity index (χ0v) is 13.8. The second-order valence-electron chi connectivity index (χ2n) is 6.16. The molecule has 0 bridgehead atoms. The molecule has 1 aliphatic carbocycles. The fourth-order valence-electron chi connectivity index (χ4n) is 2.37. The van der Waals surface area contributed by atoms with Crippen LogP contribution in [0.2, 0.25) is 5.02 Å². The highest BCUT2D eigenvalue weighted by molar-refractivity contribution is 6.32. The van der Waals surface area contributed by atoms with Crippen molar-refractivity contribution in [1.29, 1.82) is 0 Å². The van der Waals surface area contributed by atoms with E-state index in [9.17, 15) is 4.79 Å². The molecule has 3 nitrogen and oxygen atoms in total. The number of ketones is 1. The van der Waals surface area contributed by atoms with E-state index in [0.29, 0.717) is 34.8 Å². The lowest BCUT2D eigenvalue weighted by Gasteiger charge is -2.22. The van der Waals surface area contributed by atoms with Gasteiger partial charge in [0.1, 0.15) is 5.75 Å². The predicted octanol–water partition coefficient (Wildman–Crippen LogP) is 4.04. The van der Waals surface area contributed by atoms with Crippen molar-refractivity contribution in [3.05, 3.63) is 28.8 Å². The van der Waals surface area contributed by atoms with E-state index in [1.54, 1.807) is 25.3 Å². The van der Waals surface area contributed by atoms with E-state index in [2.05, 4.69) is 18.7 Å². The Morgan fingerprint density at radius 2 is 2.14 bits per heavy atom. The molecule has 0 unspecified atom stereocenters. The number of carbonyl (C=O) groups excluding carboxylic acids is 1. The molecular formula is C17H24ClNO2. The topological polar surface area (TPSA) is 29.5 Å². The van der Waals surface area contributed by atoms with Gasteiger partial charge in [0.2, 0.25) is 0 Å². The standard InChI is InChI=1S/C17H24ClNO2/c1-12(2)8-9-19(14-5-6-14)11-16(20)13-4-7-17(21-3)15(18)10-13/h4,7,10,12,14H,5-6,8-9,11H2,1-3H3. The van der Waals surface area contributed by atoms with Crippen molar-refractivity contribution in [1.82, 2.24) is 4.90 Å². The van der Waals surface area contributed by atoms with Gasteiger partial charge in [-0.05, 0) is 49.9 Å². The fraction of sp³-hybridized carbons (Fsp3) is 0.588. The van der Waals surface area contributed by atoms with Crippen LogP contribution in [0.5, 0.6) is 5.75 Å². The highest BCUT2D eigenvalue weighted by Gasteiger charge is 2.30. The molecule has 21 heavy (non-hydrogen) atoms. The first kappa shape index (κ1) is 16.3. The van der Waals surface area contributed by atoms with Crippen molar-refractivity contribution in [3.63, 3.8) is 0 Å². The second-order valence-corrected chi connectivity index (χ2v) is 6.56. The van der Waals surface area contributed by atoms with Gasteiger partial charge < -0.3 is 4.74 Å². The molecule has 1 aromatic rings. The molecule has 116 valence electrons. The Hall–Kier alpha value is -1.06. The number of hydrogen-bond acceptors (Lipinski definition) is 3. The van der Waals surface area contributed by atoms with Gasteiger partial charge in [0.05, 0.1) is 18.7 Å². The number of hydrogen-bond donors (Lipinski definition) is 0. The van der Waals surface area contributed by atoms with Crippen LogP contribution in [0, 0.1) is 5.92 Å². The van der Waals surface area contributed by atoms with Gasteiger partial charge in [0.15, 0.2) is 5.78 Å². The molecule has 0 atom stereocenters. The van der Waals surface area contributed by atoms with Crippen molar-refractivity contribution in [2.24, 2.45) is 5.92 Å². The average Bonchev–Trinajstić information content (AvgIpc) is 3.27. The van der Waals surface area contributed by atoms with Gasteiger partial charge >= 0.3 is 0 Å². The molecule has 0 spiro atoms. The van der Waals surface area contributed by atoms with E-state index in [1.807, 2.05) is 0 Å². The highest BCUT2D eigenvalue weighted by Crippen LogP contribution is 2.29. The highest BCUT2D eigenvalue weighted by atomic mass is 35.5. The molecule has 1 saturated carbocycles. The third-order valence-corrected chi connectivity index (χ3v) is 4.17. The van der Waals surface area contributed by atoms with Crippen LogP contribution in [0.15, 0.2) is 18.2 Å². The van der Waals surface area contributed by atoms with Crippen LogP contribution in [0.3, 0.4) is 0 Å². The fourth-order valence-corrected chi connectivity index (χ4v) is 2.63. The van der Waals surface area contributed by atoms with Crippen LogP contribution in [-0.4, -0.2) is 36.9 Å². The van der Waals surface area contributed by atoms with E-state index in [1.165, 1.54) is 12.8 Å². The van der Waals surface area contributed by atoms with Crippen LogP contribution < -0.4 is 4.74 Å². The van der Waals surface area contributed by atoms with E-state index < -0.39 is 0 Å². The maximum atomic E-state index is 12.4. The second kappa shape index (κ2) is 7.28. The predicted molar refractivity (Wildman–Crippen MR) is 86.4 cm³/mol.